The average Bonchev–Trinajstić information content (AvgIpc) is 2.61. The minimum absolute atomic E-state index is 0.0478. The second-order valence-corrected chi connectivity index (χ2v) is 5.17. The van der Waals surface area contributed by atoms with E-state index >= 15 is 0 Å². The van der Waals surface area contributed by atoms with Gasteiger partial charge in [0.15, 0.2) is 0 Å². The summed E-state index contributed by atoms with van der Waals surface area (Å²) >= 11 is 0. The van der Waals surface area contributed by atoms with Crippen molar-refractivity contribution in [2.24, 2.45) is 0 Å². The molecule has 5 heteroatoms. The van der Waals surface area contributed by atoms with Gasteiger partial charge < -0.3 is 14.9 Å². The summed E-state index contributed by atoms with van der Waals surface area (Å²) in [6.07, 6.45) is 0.355. The lowest BCUT2D eigenvalue weighted by molar-refractivity contribution is -0.139. The molecule has 1 aliphatic rings. The lowest BCUT2D eigenvalue weighted by atomic mass is 9.96. The standard InChI is InChI=1S/C14H18N2O3/c1-15(2)8-11(14(18)19)9-4-5-12-10(6-9)7-13(17)16(12)3/h4-6,11H,7-8H2,1-3H3,(H,18,19). The van der Waals surface area contributed by atoms with Crippen LogP contribution in [0, 0.1) is 0 Å². The van der Waals surface area contributed by atoms with Gasteiger partial charge in [0.2, 0.25) is 5.91 Å². The van der Waals surface area contributed by atoms with Gasteiger partial charge in [-0.05, 0) is 31.3 Å². The van der Waals surface area contributed by atoms with Crippen LogP contribution in [-0.2, 0) is 16.0 Å². The molecule has 0 radical (unpaired) electrons. The Hall–Kier alpha value is -1.88. The summed E-state index contributed by atoms with van der Waals surface area (Å²) < 4.78 is 0. The molecule has 0 aliphatic carbocycles. The highest BCUT2D eigenvalue weighted by Crippen LogP contribution is 2.30. The molecule has 0 fully saturated rings. The van der Waals surface area contributed by atoms with Crippen LogP contribution in [0.15, 0.2) is 18.2 Å². The number of aliphatic carboxylic acids is 1. The summed E-state index contributed by atoms with van der Waals surface area (Å²) in [5.41, 5.74) is 2.54. The molecule has 1 unspecified atom stereocenters. The minimum atomic E-state index is -0.841. The summed E-state index contributed by atoms with van der Waals surface area (Å²) in [4.78, 5) is 26.4. The van der Waals surface area contributed by atoms with E-state index in [1.807, 2.05) is 31.1 Å². The number of carboxylic acids is 1. The molecule has 1 aromatic carbocycles. The molecular formula is C14H18N2O3. The van der Waals surface area contributed by atoms with E-state index in [0.717, 1.165) is 16.8 Å². The highest BCUT2D eigenvalue weighted by atomic mass is 16.4. The van der Waals surface area contributed by atoms with Crippen molar-refractivity contribution in [2.45, 2.75) is 12.3 Å². The molecule has 19 heavy (non-hydrogen) atoms. The van der Waals surface area contributed by atoms with Gasteiger partial charge in [0.25, 0.3) is 0 Å². The van der Waals surface area contributed by atoms with Crippen LogP contribution in [0.3, 0.4) is 0 Å². The Morgan fingerprint density at radius 3 is 2.74 bits per heavy atom. The van der Waals surface area contributed by atoms with Crippen molar-refractivity contribution in [1.29, 1.82) is 0 Å². The zero-order valence-electron chi connectivity index (χ0n) is 11.4. The fraction of sp³-hybridized carbons (Fsp3) is 0.429. The Labute approximate surface area is 112 Å². The highest BCUT2D eigenvalue weighted by molar-refractivity contribution is 6.01. The van der Waals surface area contributed by atoms with E-state index in [0.29, 0.717) is 13.0 Å². The second kappa shape index (κ2) is 5.01. The maximum atomic E-state index is 11.6. The maximum absolute atomic E-state index is 11.6. The average molecular weight is 262 g/mol. The van der Waals surface area contributed by atoms with Gasteiger partial charge in [-0.2, -0.15) is 0 Å². The van der Waals surface area contributed by atoms with E-state index in [1.54, 1.807) is 18.0 Å². The zero-order chi connectivity index (χ0) is 14.2. The third-order valence-corrected chi connectivity index (χ3v) is 3.43. The molecule has 0 aromatic heterocycles. The quantitative estimate of drug-likeness (QED) is 0.877. The summed E-state index contributed by atoms with van der Waals surface area (Å²) in [6.45, 7) is 0.442. The zero-order valence-corrected chi connectivity index (χ0v) is 11.4. The molecule has 1 aliphatic heterocycles. The van der Waals surface area contributed by atoms with Crippen LogP contribution < -0.4 is 4.90 Å². The second-order valence-electron chi connectivity index (χ2n) is 5.17. The van der Waals surface area contributed by atoms with E-state index in [4.69, 9.17) is 0 Å². The summed E-state index contributed by atoms with van der Waals surface area (Å²) in [5.74, 6) is -1.36. The largest absolute Gasteiger partial charge is 0.481 e. The van der Waals surface area contributed by atoms with E-state index in [1.165, 1.54) is 0 Å². The third-order valence-electron chi connectivity index (χ3n) is 3.43. The number of benzene rings is 1. The summed E-state index contributed by atoms with van der Waals surface area (Å²) in [5, 5.41) is 9.32. The molecule has 102 valence electrons. The first kappa shape index (κ1) is 13.5. The number of anilines is 1. The fourth-order valence-corrected chi connectivity index (χ4v) is 2.40. The number of fused-ring (bicyclic) bond motifs is 1. The maximum Gasteiger partial charge on any atom is 0.312 e. The van der Waals surface area contributed by atoms with Gasteiger partial charge in [0.05, 0.1) is 12.3 Å². The van der Waals surface area contributed by atoms with Crippen LogP contribution >= 0.6 is 0 Å². The Morgan fingerprint density at radius 2 is 2.16 bits per heavy atom. The van der Waals surface area contributed by atoms with Crippen molar-refractivity contribution in [3.8, 4) is 0 Å². The molecule has 0 saturated carbocycles. The summed E-state index contributed by atoms with van der Waals surface area (Å²) in [7, 11) is 5.43. The molecule has 1 aromatic rings. The smallest absolute Gasteiger partial charge is 0.312 e. The monoisotopic (exact) mass is 262 g/mol. The highest BCUT2D eigenvalue weighted by Gasteiger charge is 2.27. The molecule has 1 heterocycles. The number of carboxylic acid groups (broad SMARTS) is 1. The Morgan fingerprint density at radius 1 is 1.47 bits per heavy atom. The van der Waals surface area contributed by atoms with Gasteiger partial charge in [-0.1, -0.05) is 12.1 Å². The minimum Gasteiger partial charge on any atom is -0.481 e. The van der Waals surface area contributed by atoms with Gasteiger partial charge in [0.1, 0.15) is 0 Å². The number of amides is 1. The Kier molecular flexibility index (Phi) is 3.57. The van der Waals surface area contributed by atoms with Crippen molar-refractivity contribution >= 4 is 17.6 Å². The van der Waals surface area contributed by atoms with E-state index in [9.17, 15) is 14.7 Å². The molecule has 0 spiro atoms. The predicted octanol–water partition coefficient (Wildman–Crippen LogP) is 0.935. The van der Waals surface area contributed by atoms with E-state index < -0.39 is 11.9 Å². The number of carbonyl (C=O) groups excluding carboxylic acids is 1. The molecule has 1 N–H and O–H groups in total. The fourth-order valence-electron chi connectivity index (χ4n) is 2.40. The van der Waals surface area contributed by atoms with Gasteiger partial charge >= 0.3 is 5.97 Å². The van der Waals surface area contributed by atoms with Gasteiger partial charge in [-0.15, -0.1) is 0 Å². The van der Waals surface area contributed by atoms with Crippen LogP contribution in [-0.4, -0.2) is 49.6 Å². The molecule has 0 bridgehead atoms. The van der Waals surface area contributed by atoms with E-state index in [-0.39, 0.29) is 5.91 Å². The third kappa shape index (κ3) is 2.61. The van der Waals surface area contributed by atoms with Crippen LogP contribution in [0.25, 0.3) is 0 Å². The number of hydrogen-bond donors (Lipinski definition) is 1. The van der Waals surface area contributed by atoms with Crippen LogP contribution in [0.4, 0.5) is 5.69 Å². The molecule has 2 rings (SSSR count). The summed E-state index contributed by atoms with van der Waals surface area (Å²) in [6, 6.07) is 5.48. The lowest BCUT2D eigenvalue weighted by Gasteiger charge is -2.18. The van der Waals surface area contributed by atoms with Crippen molar-refractivity contribution in [3.63, 3.8) is 0 Å². The normalized spacial score (nSPS) is 15.8. The first-order chi connectivity index (χ1) is 8.90. The Bertz CT molecular complexity index is 525. The molecule has 5 nitrogen and oxygen atoms in total. The molecule has 1 atom stereocenters. The van der Waals surface area contributed by atoms with Crippen molar-refractivity contribution in [1.82, 2.24) is 4.90 Å². The first-order valence-electron chi connectivity index (χ1n) is 6.17. The lowest BCUT2D eigenvalue weighted by Crippen LogP contribution is -2.26. The van der Waals surface area contributed by atoms with Gasteiger partial charge in [-0.3, -0.25) is 9.59 Å². The van der Waals surface area contributed by atoms with Gasteiger partial charge in [0, 0.05) is 19.3 Å². The molecule has 1 amide bonds. The SMILES string of the molecule is CN(C)CC(C(=O)O)c1ccc2c(c1)CC(=O)N2C. The van der Waals surface area contributed by atoms with Crippen LogP contribution in [0.5, 0.6) is 0 Å². The number of likely N-dealkylation sites (N-methyl/N-ethyl adjacent to an activating group) is 2. The number of hydrogen-bond acceptors (Lipinski definition) is 3. The number of nitrogens with zero attached hydrogens (tertiary/aromatic N) is 2. The van der Waals surface area contributed by atoms with Crippen LogP contribution in [0.1, 0.15) is 17.0 Å². The number of carbonyl (C=O) groups is 2. The first-order valence-corrected chi connectivity index (χ1v) is 6.17. The van der Waals surface area contributed by atoms with E-state index in [2.05, 4.69) is 0 Å². The van der Waals surface area contributed by atoms with Crippen molar-refractivity contribution in [3.05, 3.63) is 29.3 Å². The van der Waals surface area contributed by atoms with Gasteiger partial charge in [-0.25, -0.2) is 0 Å². The van der Waals surface area contributed by atoms with Crippen molar-refractivity contribution in [2.75, 3.05) is 32.6 Å². The van der Waals surface area contributed by atoms with Crippen LogP contribution in [0.2, 0.25) is 0 Å². The molecule has 0 saturated heterocycles. The Balaban J connectivity index is 2.34. The van der Waals surface area contributed by atoms with Crippen molar-refractivity contribution < 1.29 is 14.7 Å². The number of rotatable bonds is 4. The molecular weight excluding hydrogens is 244 g/mol. The topological polar surface area (TPSA) is 60.9 Å². The predicted molar refractivity (Wildman–Crippen MR) is 72.5 cm³/mol.